The number of nitrogens with two attached hydrogens (primary N) is 1. The molecule has 0 fully saturated rings. The Morgan fingerprint density at radius 2 is 2.00 bits per heavy atom. The Labute approximate surface area is 157 Å². The van der Waals surface area contributed by atoms with Crippen molar-refractivity contribution >= 4 is 28.9 Å². The second-order valence-corrected chi connectivity index (χ2v) is 5.93. The minimum absolute atomic E-state index is 0.0571. The zero-order valence-corrected chi connectivity index (χ0v) is 15.2. The van der Waals surface area contributed by atoms with Gasteiger partial charge in [-0.15, -0.1) is 0 Å². The molecule has 2 aromatic carbocycles. The summed E-state index contributed by atoms with van der Waals surface area (Å²) in [7, 11) is 1.60. The van der Waals surface area contributed by atoms with Crippen LogP contribution in [0.2, 0.25) is 5.02 Å². The van der Waals surface area contributed by atoms with Crippen molar-refractivity contribution in [3.63, 3.8) is 0 Å². The average Bonchev–Trinajstić information content (AvgIpc) is 2.65. The van der Waals surface area contributed by atoms with Crippen molar-refractivity contribution in [2.24, 2.45) is 0 Å². The van der Waals surface area contributed by atoms with E-state index in [1.54, 1.807) is 19.2 Å². The van der Waals surface area contributed by atoms with Crippen molar-refractivity contribution < 1.29 is 9.53 Å². The van der Waals surface area contributed by atoms with Crippen LogP contribution < -0.4 is 21.1 Å². The number of hydrogen-bond donors (Lipinski definition) is 3. The van der Waals surface area contributed by atoms with Gasteiger partial charge < -0.3 is 21.1 Å². The number of benzene rings is 2. The summed E-state index contributed by atoms with van der Waals surface area (Å²) in [6.07, 6.45) is 1.39. The maximum absolute atomic E-state index is 12.2. The third-order valence-corrected chi connectivity index (χ3v) is 4.04. The number of amides is 1. The first kappa shape index (κ1) is 19.2. The zero-order chi connectivity index (χ0) is 19.1. The number of carbonyl (C=O) groups is 1. The minimum atomic E-state index is -0.539. The van der Waals surface area contributed by atoms with Gasteiger partial charge in [-0.25, -0.2) is 0 Å². The molecule has 0 radical (unpaired) electrons. The lowest BCUT2D eigenvalue weighted by molar-refractivity contribution is -0.112. The molecule has 26 heavy (non-hydrogen) atoms. The van der Waals surface area contributed by atoms with Gasteiger partial charge in [0.1, 0.15) is 17.4 Å². The third kappa shape index (κ3) is 4.91. The maximum atomic E-state index is 12.2. The Hall–Kier alpha value is -3.17. The van der Waals surface area contributed by atoms with Crippen LogP contribution in [0.4, 0.5) is 11.4 Å². The van der Waals surface area contributed by atoms with Crippen molar-refractivity contribution in [1.82, 2.24) is 5.32 Å². The molecule has 0 saturated carbocycles. The molecule has 7 heteroatoms. The second kappa shape index (κ2) is 8.79. The number of nitrogen functional groups attached to an aromatic ring is 1. The van der Waals surface area contributed by atoms with E-state index >= 15 is 0 Å². The van der Waals surface area contributed by atoms with Crippen molar-refractivity contribution in [2.75, 3.05) is 18.2 Å². The molecule has 2 rings (SSSR count). The number of methoxy groups -OCH3 is 1. The quantitative estimate of drug-likeness (QED) is 0.409. The van der Waals surface area contributed by atoms with E-state index in [2.05, 4.69) is 10.6 Å². The fraction of sp³-hybridized carbons (Fsp3) is 0.158. The lowest BCUT2D eigenvalue weighted by Crippen LogP contribution is -2.18. The zero-order valence-electron chi connectivity index (χ0n) is 14.4. The lowest BCUT2D eigenvalue weighted by atomic mass is 10.1. The first-order valence-corrected chi connectivity index (χ1v) is 8.19. The summed E-state index contributed by atoms with van der Waals surface area (Å²) in [5.74, 6) is 0.221. The molecule has 0 bridgehead atoms. The van der Waals surface area contributed by atoms with Crippen LogP contribution in [-0.2, 0) is 4.79 Å². The molecule has 134 valence electrons. The molecule has 0 saturated heterocycles. The Bertz CT molecular complexity index is 857. The Kier molecular flexibility index (Phi) is 6.48. The van der Waals surface area contributed by atoms with E-state index in [4.69, 9.17) is 22.1 Å². The van der Waals surface area contributed by atoms with Gasteiger partial charge in [0, 0.05) is 17.9 Å². The van der Waals surface area contributed by atoms with Crippen LogP contribution >= 0.6 is 11.6 Å². The molecule has 0 aliphatic heterocycles. The molecular formula is C19H19ClN4O2. The molecule has 0 aliphatic rings. The maximum Gasteiger partial charge on any atom is 0.267 e. The standard InChI is InChI=1S/C19H19ClN4O2/c1-12(13-3-6-16(26-2)7-4-13)23-11-14(10-21)19(25)24-15-5-8-18(22)17(20)9-15/h3-9,11-12,23H,22H2,1-2H3,(H,24,25)/b14-11-. The number of hydrogen-bond acceptors (Lipinski definition) is 5. The largest absolute Gasteiger partial charge is 0.497 e. The molecule has 1 atom stereocenters. The fourth-order valence-electron chi connectivity index (χ4n) is 2.15. The van der Waals surface area contributed by atoms with E-state index in [1.807, 2.05) is 37.3 Å². The lowest BCUT2D eigenvalue weighted by Gasteiger charge is -2.13. The highest BCUT2D eigenvalue weighted by Gasteiger charge is 2.11. The summed E-state index contributed by atoms with van der Waals surface area (Å²) in [5, 5.41) is 15.2. The first-order chi connectivity index (χ1) is 12.4. The molecular weight excluding hydrogens is 352 g/mol. The molecule has 0 aromatic heterocycles. The van der Waals surface area contributed by atoms with E-state index in [1.165, 1.54) is 12.3 Å². The van der Waals surface area contributed by atoms with E-state index in [-0.39, 0.29) is 11.6 Å². The molecule has 6 nitrogen and oxygen atoms in total. The van der Waals surface area contributed by atoms with Crippen LogP contribution in [0.3, 0.4) is 0 Å². The number of nitrogens with zero attached hydrogens (tertiary/aromatic N) is 1. The minimum Gasteiger partial charge on any atom is -0.497 e. The van der Waals surface area contributed by atoms with Gasteiger partial charge in [-0.2, -0.15) is 5.26 Å². The third-order valence-electron chi connectivity index (χ3n) is 3.72. The van der Waals surface area contributed by atoms with Crippen molar-refractivity contribution in [2.45, 2.75) is 13.0 Å². The molecule has 0 aliphatic carbocycles. The molecule has 1 unspecified atom stereocenters. The van der Waals surface area contributed by atoms with Crippen LogP contribution in [-0.4, -0.2) is 13.0 Å². The smallest absolute Gasteiger partial charge is 0.267 e. The van der Waals surface area contributed by atoms with Gasteiger partial charge in [-0.1, -0.05) is 23.7 Å². The van der Waals surface area contributed by atoms with Crippen LogP contribution in [0, 0.1) is 11.3 Å². The fourth-order valence-corrected chi connectivity index (χ4v) is 2.33. The highest BCUT2D eigenvalue weighted by Crippen LogP contribution is 2.23. The first-order valence-electron chi connectivity index (χ1n) is 7.81. The average molecular weight is 371 g/mol. The number of anilines is 2. The summed E-state index contributed by atoms with van der Waals surface area (Å²) >= 11 is 5.93. The summed E-state index contributed by atoms with van der Waals surface area (Å²) in [5.41, 5.74) is 7.44. The monoisotopic (exact) mass is 370 g/mol. The predicted molar refractivity (Wildman–Crippen MR) is 103 cm³/mol. The Balaban J connectivity index is 2.04. The summed E-state index contributed by atoms with van der Waals surface area (Å²) in [6, 6.07) is 14.0. The van der Waals surface area contributed by atoms with Gasteiger partial charge in [-0.05, 0) is 42.8 Å². The molecule has 4 N–H and O–H groups in total. The van der Waals surface area contributed by atoms with Gasteiger partial charge in [0.05, 0.1) is 17.8 Å². The Morgan fingerprint density at radius 3 is 2.58 bits per heavy atom. The number of carbonyl (C=O) groups excluding carboxylic acids is 1. The summed E-state index contributed by atoms with van der Waals surface area (Å²) in [4.78, 5) is 12.2. The molecule has 0 spiro atoms. The SMILES string of the molecule is COc1ccc(C(C)N/C=C(/C#N)C(=O)Nc2ccc(N)c(Cl)c2)cc1. The van der Waals surface area contributed by atoms with Crippen LogP contribution in [0.15, 0.2) is 54.2 Å². The second-order valence-electron chi connectivity index (χ2n) is 5.52. The van der Waals surface area contributed by atoms with Crippen molar-refractivity contribution in [3.05, 3.63) is 64.8 Å². The van der Waals surface area contributed by atoms with E-state index in [0.29, 0.717) is 16.4 Å². The topological polar surface area (TPSA) is 100 Å². The van der Waals surface area contributed by atoms with Gasteiger partial charge in [0.15, 0.2) is 0 Å². The number of halogens is 1. The van der Waals surface area contributed by atoms with Crippen molar-refractivity contribution in [3.8, 4) is 11.8 Å². The van der Waals surface area contributed by atoms with Gasteiger partial charge in [0.25, 0.3) is 5.91 Å². The van der Waals surface area contributed by atoms with Gasteiger partial charge in [0.2, 0.25) is 0 Å². The van der Waals surface area contributed by atoms with Crippen LogP contribution in [0.5, 0.6) is 5.75 Å². The van der Waals surface area contributed by atoms with E-state index in [9.17, 15) is 10.1 Å². The number of nitrogens with one attached hydrogen (secondary N) is 2. The molecule has 0 heterocycles. The molecule has 1 amide bonds. The van der Waals surface area contributed by atoms with E-state index in [0.717, 1.165) is 11.3 Å². The highest BCUT2D eigenvalue weighted by molar-refractivity contribution is 6.33. The van der Waals surface area contributed by atoms with Gasteiger partial charge in [-0.3, -0.25) is 4.79 Å². The predicted octanol–water partition coefficient (Wildman–Crippen LogP) is 3.63. The summed E-state index contributed by atoms with van der Waals surface area (Å²) in [6.45, 7) is 1.92. The van der Waals surface area contributed by atoms with Gasteiger partial charge >= 0.3 is 0 Å². The number of ether oxygens (including phenoxy) is 1. The summed E-state index contributed by atoms with van der Waals surface area (Å²) < 4.78 is 5.12. The normalized spacial score (nSPS) is 12.0. The number of rotatable bonds is 6. The van der Waals surface area contributed by atoms with Crippen molar-refractivity contribution in [1.29, 1.82) is 5.26 Å². The Morgan fingerprint density at radius 1 is 1.31 bits per heavy atom. The highest BCUT2D eigenvalue weighted by atomic mass is 35.5. The molecule has 2 aromatic rings. The van der Waals surface area contributed by atoms with E-state index < -0.39 is 5.91 Å². The number of nitriles is 1. The van der Waals surface area contributed by atoms with Crippen LogP contribution in [0.1, 0.15) is 18.5 Å². The van der Waals surface area contributed by atoms with Crippen LogP contribution in [0.25, 0.3) is 0 Å².